The molecule has 2 aliphatic heterocycles. The topological polar surface area (TPSA) is 81.4 Å². The monoisotopic (exact) mass is 574 g/mol. The Hall–Kier alpha value is -3.50. The van der Waals surface area contributed by atoms with Gasteiger partial charge in [-0.05, 0) is 73.6 Å². The van der Waals surface area contributed by atoms with Crippen molar-refractivity contribution in [2.24, 2.45) is 11.8 Å². The zero-order valence-corrected chi connectivity index (χ0v) is 22.7. The quantitative estimate of drug-likeness (QED) is 0.199. The predicted octanol–water partition coefficient (Wildman–Crippen LogP) is 6.96. The number of fused-ring (bicyclic) bond motifs is 7. The average Bonchev–Trinajstić information content (AvgIpc) is 3.85. The molecule has 0 amide bonds. The highest BCUT2D eigenvalue weighted by atomic mass is 19.3. The molecule has 6 nitrogen and oxygen atoms in total. The van der Waals surface area contributed by atoms with Crippen molar-refractivity contribution in [1.29, 1.82) is 0 Å². The Kier molecular flexibility index (Phi) is 5.09. The van der Waals surface area contributed by atoms with Gasteiger partial charge in [-0.3, -0.25) is 0 Å². The van der Waals surface area contributed by atoms with E-state index < -0.39 is 23.0 Å². The fraction of sp³-hybridized carbons (Fsp3) is 0.438. The Bertz CT molecular complexity index is 1600. The highest BCUT2D eigenvalue weighted by Crippen LogP contribution is 2.58. The summed E-state index contributed by atoms with van der Waals surface area (Å²) in [5, 5.41) is 7.14. The van der Waals surface area contributed by atoms with Gasteiger partial charge in [-0.2, -0.15) is 17.6 Å². The van der Waals surface area contributed by atoms with Crippen molar-refractivity contribution in [3.05, 3.63) is 71.6 Å². The molecule has 4 aromatic rings. The first kappa shape index (κ1) is 25.0. The summed E-state index contributed by atoms with van der Waals surface area (Å²) in [4.78, 5) is 15.6. The van der Waals surface area contributed by atoms with E-state index in [2.05, 4.69) is 30.6 Å². The van der Waals surface area contributed by atoms with Crippen molar-refractivity contribution in [2.75, 3.05) is 0 Å². The van der Waals surface area contributed by atoms with Crippen LogP contribution in [0.1, 0.15) is 73.4 Å². The summed E-state index contributed by atoms with van der Waals surface area (Å²) < 4.78 is 62.9. The van der Waals surface area contributed by atoms with E-state index in [4.69, 9.17) is 0 Å². The normalized spacial score (nSPS) is 31.4. The summed E-state index contributed by atoms with van der Waals surface area (Å²) in [6.45, 7) is 0. The number of benzene rings is 2. The second-order valence-corrected chi connectivity index (χ2v) is 12.9. The molecule has 2 aromatic heterocycles. The van der Waals surface area contributed by atoms with Gasteiger partial charge in [0.2, 0.25) is 0 Å². The van der Waals surface area contributed by atoms with Crippen LogP contribution in [0.25, 0.3) is 33.6 Å². The van der Waals surface area contributed by atoms with Crippen LogP contribution in [0.5, 0.6) is 0 Å². The van der Waals surface area contributed by atoms with Crippen molar-refractivity contribution in [2.45, 2.75) is 74.5 Å². The number of nitrogens with zero attached hydrogens (tertiary/aromatic N) is 2. The van der Waals surface area contributed by atoms with Crippen LogP contribution in [-0.4, -0.2) is 32.0 Å². The van der Waals surface area contributed by atoms with E-state index in [1.807, 2.05) is 0 Å². The second kappa shape index (κ2) is 8.54. The number of halogens is 4. The van der Waals surface area contributed by atoms with Crippen LogP contribution >= 0.6 is 0 Å². The standard InChI is InChI=1S/C32H30F4N6/c33-31(34)23-11-15(25-13-37-29(41-25)27-17-1-5-19(9-17)39-27)3-7-21(23)22-8-4-16(12-24(22)32(31,35)36)26-14-38-30(42-26)28-18-2-6-20(10-18)40-28/h3-4,7-8,11-14,17-20,27-28,39-40H,1-2,5-6,9-10H2,(H,37,41)(H,38,42)/t17-,18?,19+,20?,27-,28-/m0/s1. The lowest BCUT2D eigenvalue weighted by Crippen LogP contribution is -2.39. The Morgan fingerprint density at radius 1 is 0.619 bits per heavy atom. The fourth-order valence-electron chi connectivity index (χ4n) is 8.36. The maximum absolute atomic E-state index is 15.7. The average molecular weight is 575 g/mol. The third-order valence-corrected chi connectivity index (χ3v) is 10.5. The van der Waals surface area contributed by atoms with Crippen LogP contribution < -0.4 is 10.6 Å². The van der Waals surface area contributed by atoms with E-state index in [0.717, 1.165) is 50.2 Å². The Morgan fingerprint density at radius 3 is 1.45 bits per heavy atom. The van der Waals surface area contributed by atoms with E-state index in [1.165, 1.54) is 24.3 Å². The molecule has 0 radical (unpaired) electrons. The number of H-pyrrole nitrogens is 2. The largest absolute Gasteiger partial charge is 0.341 e. The molecule has 9 rings (SSSR count). The molecular weight excluding hydrogens is 544 g/mol. The molecule has 5 aliphatic rings. The van der Waals surface area contributed by atoms with Crippen molar-refractivity contribution < 1.29 is 17.6 Å². The van der Waals surface area contributed by atoms with Gasteiger partial charge in [-0.15, -0.1) is 0 Å². The van der Waals surface area contributed by atoms with Crippen LogP contribution in [0.4, 0.5) is 17.6 Å². The van der Waals surface area contributed by atoms with Crippen molar-refractivity contribution in [3.8, 4) is 33.6 Å². The minimum atomic E-state index is -4.40. The Labute approximate surface area is 239 Å². The summed E-state index contributed by atoms with van der Waals surface area (Å²) in [6.07, 6.45) is 10.0. The highest BCUT2D eigenvalue weighted by molar-refractivity contribution is 5.81. The number of alkyl halides is 4. The van der Waals surface area contributed by atoms with Crippen LogP contribution in [0.15, 0.2) is 48.8 Å². The molecule has 6 atom stereocenters. The maximum Gasteiger partial charge on any atom is 0.340 e. The minimum absolute atomic E-state index is 0.109. The summed E-state index contributed by atoms with van der Waals surface area (Å²) in [7, 11) is 0. The number of hydrogen-bond acceptors (Lipinski definition) is 4. The molecule has 2 aromatic carbocycles. The number of hydrogen-bond donors (Lipinski definition) is 4. The number of aromatic nitrogens is 4. The van der Waals surface area contributed by atoms with E-state index in [9.17, 15) is 0 Å². The van der Waals surface area contributed by atoms with Crippen LogP contribution in [0, 0.1) is 11.8 Å². The van der Waals surface area contributed by atoms with E-state index in [-0.39, 0.29) is 23.2 Å². The number of piperidine rings is 2. The summed E-state index contributed by atoms with van der Waals surface area (Å²) in [6, 6.07) is 10.0. The van der Waals surface area contributed by atoms with E-state index >= 15 is 17.6 Å². The van der Waals surface area contributed by atoms with Gasteiger partial charge < -0.3 is 20.6 Å². The smallest absolute Gasteiger partial charge is 0.340 e. The van der Waals surface area contributed by atoms with Gasteiger partial charge in [-0.1, -0.05) is 24.3 Å². The number of aromatic amines is 2. The molecule has 10 heteroatoms. The number of rotatable bonds is 4. The molecule has 2 unspecified atom stereocenters. The van der Waals surface area contributed by atoms with Gasteiger partial charge in [0.05, 0.1) is 35.9 Å². The molecule has 42 heavy (non-hydrogen) atoms. The van der Waals surface area contributed by atoms with Gasteiger partial charge >= 0.3 is 11.8 Å². The van der Waals surface area contributed by atoms with Gasteiger partial charge in [0.15, 0.2) is 0 Å². The third kappa shape index (κ3) is 3.45. The zero-order chi connectivity index (χ0) is 28.4. The SMILES string of the molecule is FC1(F)c2cc(-c3cnc([C@H]4NC5CCC4C5)[nH]3)ccc2-c2ccc(-c3cnc([C@H]4N[C@@H]5CC[C@H]4C5)[nH]3)cc2C1(F)F. The van der Waals surface area contributed by atoms with Crippen molar-refractivity contribution >= 4 is 0 Å². The van der Waals surface area contributed by atoms with Gasteiger partial charge in [0.1, 0.15) is 11.6 Å². The van der Waals surface area contributed by atoms with E-state index in [1.54, 1.807) is 24.5 Å². The van der Waals surface area contributed by atoms with E-state index in [0.29, 0.717) is 46.4 Å². The van der Waals surface area contributed by atoms with Gasteiger partial charge in [-0.25, -0.2) is 9.97 Å². The summed E-state index contributed by atoms with van der Waals surface area (Å²) in [5.74, 6) is -6.25. The van der Waals surface area contributed by atoms with Crippen LogP contribution in [0.2, 0.25) is 0 Å². The predicted molar refractivity (Wildman–Crippen MR) is 149 cm³/mol. The molecular formula is C32H30F4N6. The lowest BCUT2D eigenvalue weighted by molar-refractivity contribution is -0.225. The molecule has 4 N–H and O–H groups in total. The van der Waals surface area contributed by atoms with Gasteiger partial charge in [0, 0.05) is 34.3 Å². The molecule has 2 saturated carbocycles. The second-order valence-electron chi connectivity index (χ2n) is 12.9. The lowest BCUT2D eigenvalue weighted by atomic mass is 9.79. The minimum Gasteiger partial charge on any atom is -0.341 e. The molecule has 4 bridgehead atoms. The Balaban J connectivity index is 1.06. The molecule has 3 aliphatic carbocycles. The van der Waals surface area contributed by atoms with Crippen molar-refractivity contribution in [3.63, 3.8) is 0 Å². The molecule has 216 valence electrons. The summed E-state index contributed by atoms with van der Waals surface area (Å²) >= 11 is 0. The Morgan fingerprint density at radius 2 is 1.07 bits per heavy atom. The molecule has 2 saturated heterocycles. The molecule has 4 heterocycles. The molecule has 4 fully saturated rings. The molecule has 0 spiro atoms. The number of nitrogens with one attached hydrogen (secondary N) is 4. The first-order valence-electron chi connectivity index (χ1n) is 14.9. The van der Waals surface area contributed by atoms with Gasteiger partial charge in [0.25, 0.3) is 0 Å². The summed E-state index contributed by atoms with van der Waals surface area (Å²) in [5.41, 5.74) is 0.770. The highest BCUT2D eigenvalue weighted by Gasteiger charge is 2.63. The fourth-order valence-corrected chi connectivity index (χ4v) is 8.36. The first-order chi connectivity index (χ1) is 20.3. The van der Waals surface area contributed by atoms with Crippen LogP contribution in [0.3, 0.4) is 0 Å². The zero-order valence-electron chi connectivity index (χ0n) is 22.7. The maximum atomic E-state index is 15.7. The first-order valence-corrected chi connectivity index (χ1v) is 14.9. The lowest BCUT2D eigenvalue weighted by Gasteiger charge is -2.35. The van der Waals surface area contributed by atoms with Crippen molar-refractivity contribution in [1.82, 2.24) is 30.6 Å². The third-order valence-electron chi connectivity index (χ3n) is 10.5. The van der Waals surface area contributed by atoms with Crippen LogP contribution in [-0.2, 0) is 11.8 Å². The number of imidazole rings is 2.